The third-order valence-corrected chi connectivity index (χ3v) is 3.45. The van der Waals surface area contributed by atoms with Gasteiger partial charge in [-0.05, 0) is 19.1 Å². The monoisotopic (exact) mass is 327 g/mol. The van der Waals surface area contributed by atoms with Gasteiger partial charge in [0.05, 0.1) is 5.69 Å². The lowest BCUT2D eigenvalue weighted by molar-refractivity contribution is 0.0665. The van der Waals surface area contributed by atoms with E-state index in [1.165, 1.54) is 0 Å². The summed E-state index contributed by atoms with van der Waals surface area (Å²) in [6, 6.07) is 3.34. The van der Waals surface area contributed by atoms with Crippen LogP contribution in [0.1, 0.15) is 23.0 Å². The standard InChI is InChI=1S/C14H21N5O2.ClH/c1-2-16-14(21)19-7-5-18(6-8-19)13(20)11-3-4-17-12(9-11)10-15;/h3-4,9H,2,5-8,10,15H2,1H3,(H,16,21);1H. The number of amides is 3. The van der Waals surface area contributed by atoms with Crippen LogP contribution in [0.25, 0.3) is 0 Å². The highest BCUT2D eigenvalue weighted by molar-refractivity contribution is 5.94. The number of hydrogen-bond acceptors (Lipinski definition) is 4. The fourth-order valence-corrected chi connectivity index (χ4v) is 2.28. The third kappa shape index (κ3) is 4.32. The Labute approximate surface area is 136 Å². The Balaban J connectivity index is 0.00000242. The first-order valence-electron chi connectivity index (χ1n) is 7.12. The van der Waals surface area contributed by atoms with Crippen molar-refractivity contribution in [3.05, 3.63) is 29.6 Å². The Morgan fingerprint density at radius 1 is 1.27 bits per heavy atom. The molecule has 0 atom stereocenters. The number of piperazine rings is 1. The van der Waals surface area contributed by atoms with Gasteiger partial charge in [-0.25, -0.2) is 4.79 Å². The second-order valence-electron chi connectivity index (χ2n) is 4.85. The predicted octanol–water partition coefficient (Wildman–Crippen LogP) is 0.449. The van der Waals surface area contributed by atoms with E-state index in [-0.39, 0.29) is 24.3 Å². The van der Waals surface area contributed by atoms with Crippen LogP contribution in [0.4, 0.5) is 4.79 Å². The molecule has 3 amide bonds. The minimum absolute atomic E-state index is 0. The average Bonchev–Trinajstić information content (AvgIpc) is 2.54. The fourth-order valence-electron chi connectivity index (χ4n) is 2.28. The van der Waals surface area contributed by atoms with E-state index in [1.54, 1.807) is 28.1 Å². The van der Waals surface area contributed by atoms with E-state index in [9.17, 15) is 9.59 Å². The molecule has 2 rings (SSSR count). The Morgan fingerprint density at radius 2 is 1.91 bits per heavy atom. The molecule has 0 aromatic carbocycles. The van der Waals surface area contributed by atoms with Gasteiger partial charge >= 0.3 is 6.03 Å². The second-order valence-corrected chi connectivity index (χ2v) is 4.85. The quantitative estimate of drug-likeness (QED) is 0.843. The zero-order chi connectivity index (χ0) is 15.2. The number of nitrogens with one attached hydrogen (secondary N) is 1. The van der Waals surface area contributed by atoms with Gasteiger partial charge in [-0.3, -0.25) is 9.78 Å². The van der Waals surface area contributed by atoms with Gasteiger partial charge in [-0.2, -0.15) is 0 Å². The van der Waals surface area contributed by atoms with Crippen LogP contribution in [-0.4, -0.2) is 59.4 Å². The van der Waals surface area contributed by atoms with Gasteiger partial charge in [-0.1, -0.05) is 0 Å². The van der Waals surface area contributed by atoms with E-state index < -0.39 is 0 Å². The highest BCUT2D eigenvalue weighted by atomic mass is 35.5. The molecule has 0 unspecified atom stereocenters. The van der Waals surface area contributed by atoms with E-state index in [1.807, 2.05) is 6.92 Å². The highest BCUT2D eigenvalue weighted by Crippen LogP contribution is 2.09. The van der Waals surface area contributed by atoms with Crippen molar-refractivity contribution in [2.24, 2.45) is 5.73 Å². The molecular weight excluding hydrogens is 306 g/mol. The van der Waals surface area contributed by atoms with Crippen LogP contribution >= 0.6 is 12.4 Å². The van der Waals surface area contributed by atoms with Gasteiger partial charge in [0, 0.05) is 51.0 Å². The van der Waals surface area contributed by atoms with Crippen molar-refractivity contribution in [2.75, 3.05) is 32.7 Å². The summed E-state index contributed by atoms with van der Waals surface area (Å²) >= 11 is 0. The number of aromatic nitrogens is 1. The maximum atomic E-state index is 12.4. The van der Waals surface area contributed by atoms with Crippen molar-refractivity contribution in [1.29, 1.82) is 0 Å². The number of carbonyl (C=O) groups excluding carboxylic acids is 2. The summed E-state index contributed by atoms with van der Waals surface area (Å²) in [5.74, 6) is -0.0392. The second kappa shape index (κ2) is 8.55. The van der Waals surface area contributed by atoms with E-state index in [0.717, 1.165) is 0 Å². The largest absolute Gasteiger partial charge is 0.338 e. The maximum Gasteiger partial charge on any atom is 0.317 e. The van der Waals surface area contributed by atoms with Crippen molar-refractivity contribution in [1.82, 2.24) is 20.1 Å². The molecule has 1 fully saturated rings. The molecular formula is C14H22ClN5O2. The zero-order valence-corrected chi connectivity index (χ0v) is 13.4. The molecule has 2 heterocycles. The smallest absolute Gasteiger partial charge is 0.317 e. The maximum absolute atomic E-state index is 12.4. The first kappa shape index (κ1) is 18.2. The van der Waals surface area contributed by atoms with E-state index >= 15 is 0 Å². The number of pyridine rings is 1. The summed E-state index contributed by atoms with van der Waals surface area (Å²) in [7, 11) is 0. The van der Waals surface area contributed by atoms with E-state index in [2.05, 4.69) is 10.3 Å². The number of nitrogens with two attached hydrogens (primary N) is 1. The van der Waals surface area contributed by atoms with Gasteiger partial charge in [0.1, 0.15) is 0 Å². The first-order chi connectivity index (χ1) is 10.2. The molecule has 0 radical (unpaired) electrons. The van der Waals surface area contributed by atoms with Gasteiger partial charge in [-0.15, -0.1) is 12.4 Å². The van der Waals surface area contributed by atoms with Crippen molar-refractivity contribution >= 4 is 24.3 Å². The van der Waals surface area contributed by atoms with Crippen LogP contribution in [0.2, 0.25) is 0 Å². The summed E-state index contributed by atoms with van der Waals surface area (Å²) in [5, 5.41) is 2.77. The summed E-state index contributed by atoms with van der Waals surface area (Å²) in [6.45, 7) is 4.98. The summed E-state index contributed by atoms with van der Waals surface area (Å²) in [4.78, 5) is 31.7. The Morgan fingerprint density at radius 3 is 2.50 bits per heavy atom. The minimum atomic E-state index is -0.0704. The van der Waals surface area contributed by atoms with Crippen molar-refractivity contribution in [3.8, 4) is 0 Å². The summed E-state index contributed by atoms with van der Waals surface area (Å²) in [6.07, 6.45) is 1.60. The molecule has 0 saturated carbocycles. The molecule has 8 heteroatoms. The molecule has 1 aliphatic heterocycles. The zero-order valence-electron chi connectivity index (χ0n) is 12.6. The summed E-state index contributed by atoms with van der Waals surface area (Å²) in [5.41, 5.74) is 6.83. The van der Waals surface area contributed by atoms with Crippen LogP contribution in [0.5, 0.6) is 0 Å². The molecule has 0 spiro atoms. The highest BCUT2D eigenvalue weighted by Gasteiger charge is 2.24. The van der Waals surface area contributed by atoms with Gasteiger partial charge < -0.3 is 20.9 Å². The Kier molecular flexibility index (Phi) is 7.07. The summed E-state index contributed by atoms with van der Waals surface area (Å²) < 4.78 is 0. The molecule has 1 aromatic heterocycles. The average molecular weight is 328 g/mol. The molecule has 22 heavy (non-hydrogen) atoms. The number of rotatable bonds is 3. The molecule has 122 valence electrons. The number of halogens is 1. The SMILES string of the molecule is CCNC(=O)N1CCN(C(=O)c2ccnc(CN)c2)CC1.Cl. The van der Waals surface area contributed by atoms with E-state index in [0.29, 0.717) is 50.5 Å². The molecule has 1 saturated heterocycles. The lowest BCUT2D eigenvalue weighted by Crippen LogP contribution is -2.53. The van der Waals surface area contributed by atoms with Crippen LogP contribution < -0.4 is 11.1 Å². The lowest BCUT2D eigenvalue weighted by Gasteiger charge is -2.34. The molecule has 7 nitrogen and oxygen atoms in total. The number of carbonyl (C=O) groups is 2. The Hall–Kier alpha value is -1.86. The normalized spacial score (nSPS) is 14.3. The van der Waals surface area contributed by atoms with E-state index in [4.69, 9.17) is 5.73 Å². The van der Waals surface area contributed by atoms with Gasteiger partial charge in [0.25, 0.3) is 5.91 Å². The van der Waals surface area contributed by atoms with Crippen molar-refractivity contribution in [3.63, 3.8) is 0 Å². The number of nitrogens with zero attached hydrogens (tertiary/aromatic N) is 3. The molecule has 1 aromatic rings. The van der Waals surface area contributed by atoms with Crippen molar-refractivity contribution in [2.45, 2.75) is 13.5 Å². The lowest BCUT2D eigenvalue weighted by atomic mass is 10.2. The predicted molar refractivity (Wildman–Crippen MR) is 85.9 cm³/mol. The van der Waals surface area contributed by atoms with Crippen LogP contribution in [0, 0.1) is 0 Å². The van der Waals surface area contributed by atoms with Crippen LogP contribution in [-0.2, 0) is 6.54 Å². The first-order valence-corrected chi connectivity index (χ1v) is 7.12. The molecule has 1 aliphatic rings. The number of hydrogen-bond donors (Lipinski definition) is 2. The fraction of sp³-hybridized carbons (Fsp3) is 0.500. The molecule has 0 bridgehead atoms. The van der Waals surface area contributed by atoms with Gasteiger partial charge in [0.15, 0.2) is 0 Å². The minimum Gasteiger partial charge on any atom is -0.338 e. The molecule has 0 aliphatic carbocycles. The topological polar surface area (TPSA) is 91.6 Å². The van der Waals surface area contributed by atoms with Crippen LogP contribution in [0.15, 0.2) is 18.3 Å². The van der Waals surface area contributed by atoms with Crippen LogP contribution in [0.3, 0.4) is 0 Å². The van der Waals surface area contributed by atoms with Crippen molar-refractivity contribution < 1.29 is 9.59 Å². The van der Waals surface area contributed by atoms with Gasteiger partial charge in [0.2, 0.25) is 0 Å². The Bertz CT molecular complexity index is 518. The molecule has 3 N–H and O–H groups in total. The number of urea groups is 1. The third-order valence-electron chi connectivity index (χ3n) is 3.45.